The summed E-state index contributed by atoms with van der Waals surface area (Å²) in [6, 6.07) is 13.1. The Labute approximate surface area is 152 Å². The maximum Gasteiger partial charge on any atom is 0.451 e. The third-order valence-electron chi connectivity index (χ3n) is 3.47. The number of halogens is 3. The van der Waals surface area contributed by atoms with Crippen molar-refractivity contribution in [1.82, 2.24) is 9.97 Å². The molecule has 0 aliphatic heterocycles. The Morgan fingerprint density at radius 2 is 1.78 bits per heavy atom. The molecule has 0 atom stereocenters. The van der Waals surface area contributed by atoms with E-state index in [2.05, 4.69) is 25.8 Å². The first-order valence-corrected chi connectivity index (χ1v) is 7.83. The van der Waals surface area contributed by atoms with Crippen LogP contribution in [0.1, 0.15) is 18.3 Å². The van der Waals surface area contributed by atoms with Crippen LogP contribution in [0.5, 0.6) is 0 Å². The first-order chi connectivity index (χ1) is 12.8. The number of carbonyl (C=O) groups is 1. The number of rotatable bonds is 4. The molecule has 9 heteroatoms. The highest BCUT2D eigenvalue weighted by atomic mass is 19.4. The van der Waals surface area contributed by atoms with Crippen molar-refractivity contribution in [2.75, 3.05) is 10.7 Å². The molecule has 27 heavy (non-hydrogen) atoms. The van der Waals surface area contributed by atoms with Crippen LogP contribution in [0.15, 0.2) is 53.6 Å². The number of para-hydroxylation sites is 1. The topological polar surface area (TPSA) is 79.3 Å². The summed E-state index contributed by atoms with van der Waals surface area (Å²) in [5.41, 5.74) is 4.02. The van der Waals surface area contributed by atoms with E-state index in [0.29, 0.717) is 16.6 Å². The Morgan fingerprint density at radius 1 is 1.07 bits per heavy atom. The Kier molecular flexibility index (Phi) is 5.02. The van der Waals surface area contributed by atoms with Crippen LogP contribution in [0, 0.1) is 0 Å². The van der Waals surface area contributed by atoms with Gasteiger partial charge in [-0.1, -0.05) is 24.3 Å². The van der Waals surface area contributed by atoms with Crippen molar-refractivity contribution in [3.8, 4) is 0 Å². The minimum absolute atomic E-state index is 0.0426. The van der Waals surface area contributed by atoms with Crippen LogP contribution in [0.2, 0.25) is 0 Å². The van der Waals surface area contributed by atoms with Gasteiger partial charge in [0.1, 0.15) is 0 Å². The molecule has 3 rings (SSSR count). The standard InChI is InChI=1S/C18H14F3N5O/c1-11(27)23-13-8-6-12(7-9-13)10-22-26-16-14-4-2-3-5-15(14)24-17(25-16)18(19,20)21/h2-10H,1H3,(H,23,27)(H,24,25,26)/b22-10+. The van der Waals surface area contributed by atoms with E-state index in [1.807, 2.05) is 0 Å². The predicted octanol–water partition coefficient (Wildman–Crippen LogP) is 4.05. The van der Waals surface area contributed by atoms with Gasteiger partial charge in [-0.3, -0.25) is 10.2 Å². The smallest absolute Gasteiger partial charge is 0.326 e. The molecule has 2 N–H and O–H groups in total. The summed E-state index contributed by atoms with van der Waals surface area (Å²) in [6.07, 6.45) is -3.23. The van der Waals surface area contributed by atoms with Gasteiger partial charge in [-0.2, -0.15) is 18.3 Å². The Hall–Kier alpha value is -3.49. The maximum absolute atomic E-state index is 13.0. The van der Waals surface area contributed by atoms with Gasteiger partial charge < -0.3 is 5.32 Å². The minimum Gasteiger partial charge on any atom is -0.326 e. The van der Waals surface area contributed by atoms with E-state index in [-0.39, 0.29) is 17.2 Å². The van der Waals surface area contributed by atoms with Gasteiger partial charge in [0.2, 0.25) is 11.7 Å². The molecule has 0 aliphatic rings. The number of hydrazone groups is 1. The summed E-state index contributed by atoms with van der Waals surface area (Å²) in [4.78, 5) is 18.1. The number of fused-ring (bicyclic) bond motifs is 1. The molecular formula is C18H14F3N5O. The van der Waals surface area contributed by atoms with Crippen LogP contribution < -0.4 is 10.7 Å². The Morgan fingerprint density at radius 3 is 2.44 bits per heavy atom. The predicted molar refractivity (Wildman–Crippen MR) is 96.5 cm³/mol. The summed E-state index contributed by atoms with van der Waals surface area (Å²) in [6.45, 7) is 1.40. The van der Waals surface area contributed by atoms with Gasteiger partial charge >= 0.3 is 6.18 Å². The van der Waals surface area contributed by atoms with Gasteiger partial charge in [-0.15, -0.1) is 0 Å². The Balaban J connectivity index is 1.83. The van der Waals surface area contributed by atoms with Crippen molar-refractivity contribution in [2.24, 2.45) is 5.10 Å². The summed E-state index contributed by atoms with van der Waals surface area (Å²) in [7, 11) is 0. The zero-order valence-electron chi connectivity index (χ0n) is 14.1. The molecule has 1 heterocycles. The average Bonchev–Trinajstić information content (AvgIpc) is 2.62. The van der Waals surface area contributed by atoms with Crippen LogP contribution in [-0.2, 0) is 11.0 Å². The fraction of sp³-hybridized carbons (Fsp3) is 0.111. The van der Waals surface area contributed by atoms with E-state index in [0.717, 1.165) is 0 Å². The minimum atomic E-state index is -4.66. The molecule has 3 aromatic rings. The molecule has 1 amide bonds. The largest absolute Gasteiger partial charge is 0.451 e. The van der Waals surface area contributed by atoms with E-state index in [1.54, 1.807) is 42.5 Å². The van der Waals surface area contributed by atoms with Crippen molar-refractivity contribution in [1.29, 1.82) is 0 Å². The number of aromatic nitrogens is 2. The van der Waals surface area contributed by atoms with Crippen LogP contribution in [-0.4, -0.2) is 22.1 Å². The quantitative estimate of drug-likeness (QED) is 0.534. The number of amides is 1. The second-order valence-electron chi connectivity index (χ2n) is 5.58. The molecule has 0 radical (unpaired) electrons. The van der Waals surface area contributed by atoms with Crippen LogP contribution in [0.4, 0.5) is 24.7 Å². The van der Waals surface area contributed by atoms with Crippen LogP contribution >= 0.6 is 0 Å². The number of hydrogen-bond donors (Lipinski definition) is 2. The monoisotopic (exact) mass is 373 g/mol. The van der Waals surface area contributed by atoms with Gasteiger partial charge in [0, 0.05) is 18.0 Å². The lowest BCUT2D eigenvalue weighted by atomic mass is 10.2. The van der Waals surface area contributed by atoms with Gasteiger partial charge in [0.15, 0.2) is 5.82 Å². The molecule has 0 fully saturated rings. The lowest BCUT2D eigenvalue weighted by molar-refractivity contribution is -0.144. The summed E-state index contributed by atoms with van der Waals surface area (Å²) >= 11 is 0. The lowest BCUT2D eigenvalue weighted by Gasteiger charge is -2.09. The van der Waals surface area contributed by atoms with Crippen LogP contribution in [0.25, 0.3) is 10.9 Å². The normalized spacial score (nSPS) is 11.7. The fourth-order valence-electron chi connectivity index (χ4n) is 2.31. The van der Waals surface area contributed by atoms with Gasteiger partial charge in [0.25, 0.3) is 0 Å². The second kappa shape index (κ2) is 7.40. The van der Waals surface area contributed by atoms with E-state index >= 15 is 0 Å². The van der Waals surface area contributed by atoms with E-state index in [1.165, 1.54) is 19.2 Å². The fourth-order valence-corrected chi connectivity index (χ4v) is 2.31. The van der Waals surface area contributed by atoms with Gasteiger partial charge in [0.05, 0.1) is 11.7 Å². The molecule has 0 spiro atoms. The lowest BCUT2D eigenvalue weighted by Crippen LogP contribution is -2.12. The number of carbonyl (C=O) groups excluding carboxylic acids is 1. The zero-order chi connectivity index (χ0) is 19.4. The molecular weight excluding hydrogens is 359 g/mol. The van der Waals surface area contributed by atoms with Crippen molar-refractivity contribution in [3.63, 3.8) is 0 Å². The molecule has 0 saturated heterocycles. The molecule has 0 saturated carbocycles. The maximum atomic E-state index is 13.0. The molecule has 0 bridgehead atoms. The highest BCUT2D eigenvalue weighted by Crippen LogP contribution is 2.30. The highest BCUT2D eigenvalue weighted by molar-refractivity contribution is 5.91. The van der Waals surface area contributed by atoms with E-state index < -0.39 is 12.0 Å². The SMILES string of the molecule is CC(=O)Nc1ccc(/C=N/Nc2nc(C(F)(F)F)nc3ccccc23)cc1. The summed E-state index contributed by atoms with van der Waals surface area (Å²) in [5.74, 6) is -1.47. The number of alkyl halides is 3. The van der Waals surface area contributed by atoms with E-state index in [9.17, 15) is 18.0 Å². The molecule has 0 aliphatic carbocycles. The Bertz CT molecular complexity index is 1000. The number of nitrogens with zero attached hydrogens (tertiary/aromatic N) is 3. The van der Waals surface area contributed by atoms with Gasteiger partial charge in [-0.25, -0.2) is 9.97 Å². The summed E-state index contributed by atoms with van der Waals surface area (Å²) in [5, 5.41) is 7.01. The number of benzene rings is 2. The van der Waals surface area contributed by atoms with Crippen molar-refractivity contribution >= 4 is 34.5 Å². The molecule has 2 aromatic carbocycles. The third-order valence-corrected chi connectivity index (χ3v) is 3.47. The van der Waals surface area contributed by atoms with Crippen molar-refractivity contribution in [3.05, 3.63) is 59.9 Å². The summed E-state index contributed by atoms with van der Waals surface area (Å²) < 4.78 is 39.0. The number of anilines is 2. The molecule has 0 unspecified atom stereocenters. The van der Waals surface area contributed by atoms with E-state index in [4.69, 9.17) is 0 Å². The van der Waals surface area contributed by atoms with Crippen molar-refractivity contribution in [2.45, 2.75) is 13.1 Å². The molecule has 1 aromatic heterocycles. The van der Waals surface area contributed by atoms with Crippen LogP contribution in [0.3, 0.4) is 0 Å². The third kappa shape index (κ3) is 4.57. The number of hydrogen-bond acceptors (Lipinski definition) is 5. The van der Waals surface area contributed by atoms with Crippen molar-refractivity contribution < 1.29 is 18.0 Å². The highest BCUT2D eigenvalue weighted by Gasteiger charge is 2.35. The average molecular weight is 373 g/mol. The molecule has 138 valence electrons. The first kappa shape index (κ1) is 18.3. The zero-order valence-corrected chi connectivity index (χ0v) is 14.1. The second-order valence-corrected chi connectivity index (χ2v) is 5.58. The number of nitrogens with one attached hydrogen (secondary N) is 2. The van der Waals surface area contributed by atoms with Gasteiger partial charge in [-0.05, 0) is 29.8 Å². The molecule has 6 nitrogen and oxygen atoms in total. The first-order valence-electron chi connectivity index (χ1n) is 7.83.